The van der Waals surface area contributed by atoms with E-state index in [0.717, 1.165) is 5.69 Å². The molecule has 0 bridgehead atoms. The number of ketones is 1. The van der Waals surface area contributed by atoms with Crippen LogP contribution in [-0.2, 0) is 20.8 Å². The van der Waals surface area contributed by atoms with E-state index in [2.05, 4.69) is 4.74 Å². The van der Waals surface area contributed by atoms with Crippen molar-refractivity contribution in [1.82, 2.24) is 4.57 Å². The number of aryl methyl sites for hydroxylation is 1. The molecule has 0 spiro atoms. The Bertz CT molecular complexity index is 945. The summed E-state index contributed by atoms with van der Waals surface area (Å²) in [5, 5.41) is 0. The van der Waals surface area contributed by atoms with Crippen molar-refractivity contribution in [3.63, 3.8) is 0 Å². The van der Waals surface area contributed by atoms with Crippen molar-refractivity contribution in [3.8, 4) is 11.5 Å². The van der Waals surface area contributed by atoms with Gasteiger partial charge in [0.25, 0.3) is 0 Å². The first-order chi connectivity index (χ1) is 13.9. The molecule has 0 saturated carbocycles. The number of benzene rings is 1. The van der Waals surface area contributed by atoms with Crippen LogP contribution in [0.4, 0.5) is 0 Å². The Morgan fingerprint density at radius 3 is 2.52 bits per heavy atom. The van der Waals surface area contributed by atoms with Crippen LogP contribution in [0.1, 0.15) is 38.5 Å². The Hall–Kier alpha value is -3.29. The fourth-order valence-corrected chi connectivity index (χ4v) is 3.20. The second-order valence-corrected chi connectivity index (χ2v) is 6.62. The van der Waals surface area contributed by atoms with Crippen LogP contribution < -0.4 is 9.47 Å². The van der Waals surface area contributed by atoms with Gasteiger partial charge < -0.3 is 23.5 Å². The highest BCUT2D eigenvalue weighted by molar-refractivity contribution is 6.00. The third kappa shape index (κ3) is 4.59. The average molecular weight is 401 g/mol. The van der Waals surface area contributed by atoms with E-state index in [-0.39, 0.29) is 30.3 Å². The number of ether oxygens (including phenoxy) is 4. The van der Waals surface area contributed by atoms with Crippen LogP contribution in [0, 0.1) is 13.8 Å². The lowest BCUT2D eigenvalue weighted by Gasteiger charge is -2.18. The fourth-order valence-electron chi connectivity index (χ4n) is 3.20. The second kappa shape index (κ2) is 8.81. The van der Waals surface area contributed by atoms with E-state index in [1.165, 1.54) is 7.11 Å². The Morgan fingerprint density at radius 1 is 1.07 bits per heavy atom. The van der Waals surface area contributed by atoms with Crippen LogP contribution in [0.3, 0.4) is 0 Å². The van der Waals surface area contributed by atoms with Gasteiger partial charge in [0.1, 0.15) is 13.2 Å². The number of nitrogens with zero attached hydrogens (tertiary/aromatic N) is 1. The summed E-state index contributed by atoms with van der Waals surface area (Å²) in [6, 6.07) is 6.48. The maximum Gasteiger partial charge on any atom is 0.338 e. The van der Waals surface area contributed by atoms with Gasteiger partial charge in [0.05, 0.1) is 19.1 Å². The van der Waals surface area contributed by atoms with E-state index >= 15 is 0 Å². The standard InChI is InChI=1S/C21H23NO7/c1-13-10-16(14(2)22(13)7-6-20(24)26-3)17(23)12-29-21(25)15-4-5-18-19(11-15)28-9-8-27-18/h4-5,10-11H,6-9,12H2,1-3H3. The Kier molecular flexibility index (Phi) is 6.21. The van der Waals surface area contributed by atoms with Crippen molar-refractivity contribution in [2.24, 2.45) is 0 Å². The lowest BCUT2D eigenvalue weighted by atomic mass is 10.1. The van der Waals surface area contributed by atoms with Crippen molar-refractivity contribution in [2.75, 3.05) is 26.9 Å². The molecule has 0 atom stereocenters. The molecule has 1 aliphatic heterocycles. The van der Waals surface area contributed by atoms with Gasteiger partial charge in [0.2, 0.25) is 5.78 Å². The van der Waals surface area contributed by atoms with E-state index in [4.69, 9.17) is 14.2 Å². The average Bonchev–Trinajstić information content (AvgIpc) is 3.03. The number of rotatable bonds is 7. The molecule has 1 aliphatic rings. The maximum atomic E-state index is 12.6. The highest BCUT2D eigenvalue weighted by Crippen LogP contribution is 2.31. The van der Waals surface area contributed by atoms with Gasteiger partial charge in [0, 0.05) is 23.5 Å². The van der Waals surface area contributed by atoms with Crippen LogP contribution in [0.5, 0.6) is 11.5 Å². The summed E-state index contributed by atoms with van der Waals surface area (Å²) < 4.78 is 22.6. The van der Waals surface area contributed by atoms with Crippen molar-refractivity contribution >= 4 is 17.7 Å². The monoisotopic (exact) mass is 401 g/mol. The summed E-state index contributed by atoms with van der Waals surface area (Å²) >= 11 is 0. The number of carbonyl (C=O) groups excluding carboxylic acids is 3. The van der Waals surface area contributed by atoms with Crippen molar-refractivity contribution < 1.29 is 33.3 Å². The Balaban J connectivity index is 1.63. The zero-order chi connectivity index (χ0) is 21.0. The summed E-state index contributed by atoms with van der Waals surface area (Å²) in [5.74, 6) is -0.198. The molecule has 154 valence electrons. The van der Waals surface area contributed by atoms with Gasteiger partial charge in [-0.3, -0.25) is 9.59 Å². The predicted molar refractivity (Wildman–Crippen MR) is 103 cm³/mol. The highest BCUT2D eigenvalue weighted by Gasteiger charge is 2.20. The van der Waals surface area contributed by atoms with Gasteiger partial charge in [-0.15, -0.1) is 0 Å². The topological polar surface area (TPSA) is 93.1 Å². The summed E-state index contributed by atoms with van der Waals surface area (Å²) in [6.07, 6.45) is 0.208. The van der Waals surface area contributed by atoms with Crippen molar-refractivity contribution in [1.29, 1.82) is 0 Å². The van der Waals surface area contributed by atoms with E-state index in [1.807, 2.05) is 11.5 Å². The molecule has 1 aromatic heterocycles. The van der Waals surface area contributed by atoms with Crippen molar-refractivity contribution in [3.05, 3.63) is 46.8 Å². The third-order valence-corrected chi connectivity index (χ3v) is 4.75. The Labute approximate surface area is 168 Å². The number of esters is 2. The minimum absolute atomic E-state index is 0.208. The lowest BCUT2D eigenvalue weighted by Crippen LogP contribution is -2.17. The molecular formula is C21H23NO7. The van der Waals surface area contributed by atoms with Gasteiger partial charge in [-0.25, -0.2) is 4.79 Å². The van der Waals surface area contributed by atoms with Gasteiger partial charge in [-0.05, 0) is 38.1 Å². The number of hydrogen-bond acceptors (Lipinski definition) is 7. The van der Waals surface area contributed by atoms with Gasteiger partial charge in [0.15, 0.2) is 18.1 Å². The highest BCUT2D eigenvalue weighted by atomic mass is 16.6. The molecule has 0 radical (unpaired) electrons. The molecule has 1 aromatic carbocycles. The van der Waals surface area contributed by atoms with Crippen LogP contribution in [0.15, 0.2) is 24.3 Å². The number of aromatic nitrogens is 1. The summed E-state index contributed by atoms with van der Waals surface area (Å²) in [5.41, 5.74) is 2.30. The molecule has 3 rings (SSSR count). The van der Waals surface area contributed by atoms with Gasteiger partial charge in [-0.1, -0.05) is 0 Å². The van der Waals surface area contributed by atoms with Crippen molar-refractivity contribution in [2.45, 2.75) is 26.8 Å². The normalized spacial score (nSPS) is 12.4. The quantitative estimate of drug-likeness (QED) is 0.520. The summed E-state index contributed by atoms with van der Waals surface area (Å²) in [7, 11) is 1.34. The number of carbonyl (C=O) groups is 3. The Morgan fingerprint density at radius 2 is 1.79 bits per heavy atom. The molecule has 0 amide bonds. The number of fused-ring (bicyclic) bond motifs is 1. The molecule has 0 N–H and O–H groups in total. The molecule has 29 heavy (non-hydrogen) atoms. The SMILES string of the molecule is COC(=O)CCn1c(C)cc(C(=O)COC(=O)c2ccc3c(c2)OCCO3)c1C. The molecular weight excluding hydrogens is 378 g/mol. The number of methoxy groups -OCH3 is 1. The number of hydrogen-bond donors (Lipinski definition) is 0. The molecule has 0 aliphatic carbocycles. The first kappa shape index (κ1) is 20.4. The zero-order valence-electron chi connectivity index (χ0n) is 16.6. The molecule has 8 nitrogen and oxygen atoms in total. The molecule has 0 fully saturated rings. The zero-order valence-corrected chi connectivity index (χ0v) is 16.6. The van der Waals surface area contributed by atoms with E-state index in [0.29, 0.717) is 42.5 Å². The summed E-state index contributed by atoms with van der Waals surface area (Å²) in [4.78, 5) is 36.2. The summed E-state index contributed by atoms with van der Waals surface area (Å²) in [6.45, 7) is 4.55. The third-order valence-electron chi connectivity index (χ3n) is 4.75. The van der Waals surface area contributed by atoms with Crippen LogP contribution >= 0.6 is 0 Å². The van der Waals surface area contributed by atoms with E-state index in [9.17, 15) is 14.4 Å². The van der Waals surface area contributed by atoms with Crippen LogP contribution in [0.2, 0.25) is 0 Å². The molecule has 2 heterocycles. The maximum absolute atomic E-state index is 12.6. The molecule has 8 heteroatoms. The van der Waals surface area contributed by atoms with Gasteiger partial charge in [-0.2, -0.15) is 0 Å². The first-order valence-electron chi connectivity index (χ1n) is 9.24. The second-order valence-electron chi connectivity index (χ2n) is 6.62. The fraction of sp³-hybridized carbons (Fsp3) is 0.381. The number of Topliss-reactive ketones (excluding diaryl/α,β-unsaturated/α-hetero) is 1. The minimum atomic E-state index is -0.616. The first-order valence-corrected chi connectivity index (χ1v) is 9.24. The molecule has 2 aromatic rings. The van der Waals surface area contributed by atoms with Crippen LogP contribution in [0.25, 0.3) is 0 Å². The van der Waals surface area contributed by atoms with Crippen LogP contribution in [-0.4, -0.2) is 49.2 Å². The van der Waals surface area contributed by atoms with E-state index < -0.39 is 5.97 Å². The predicted octanol–water partition coefficient (Wildman–Crippen LogP) is 2.48. The molecule has 0 unspecified atom stereocenters. The van der Waals surface area contributed by atoms with E-state index in [1.54, 1.807) is 31.2 Å². The lowest BCUT2D eigenvalue weighted by molar-refractivity contribution is -0.140. The van der Waals surface area contributed by atoms with Gasteiger partial charge >= 0.3 is 11.9 Å². The smallest absolute Gasteiger partial charge is 0.338 e. The molecule has 0 saturated heterocycles. The largest absolute Gasteiger partial charge is 0.486 e. The minimum Gasteiger partial charge on any atom is -0.486 e.